The molecule has 0 saturated carbocycles. The Balaban J connectivity index is 2.28. The van der Waals surface area contributed by atoms with Gasteiger partial charge in [0.2, 0.25) is 0 Å². The van der Waals surface area contributed by atoms with Crippen molar-refractivity contribution in [1.82, 2.24) is 10.3 Å². The van der Waals surface area contributed by atoms with Gasteiger partial charge in [0.25, 0.3) is 5.91 Å². The molecule has 21 heavy (non-hydrogen) atoms. The van der Waals surface area contributed by atoms with E-state index in [2.05, 4.69) is 10.3 Å². The summed E-state index contributed by atoms with van der Waals surface area (Å²) in [6, 6.07) is 13.4. The summed E-state index contributed by atoms with van der Waals surface area (Å²) < 4.78 is 0. The molecule has 1 heterocycles. The van der Waals surface area contributed by atoms with E-state index in [0.717, 1.165) is 17.0 Å². The van der Waals surface area contributed by atoms with Gasteiger partial charge in [-0.05, 0) is 38.5 Å². The molecule has 1 N–H and O–H groups in total. The van der Waals surface area contributed by atoms with Crippen molar-refractivity contribution in [2.24, 2.45) is 0 Å². The van der Waals surface area contributed by atoms with Crippen LogP contribution in [-0.4, -0.2) is 16.8 Å². The van der Waals surface area contributed by atoms with Gasteiger partial charge >= 0.3 is 0 Å². The summed E-state index contributed by atoms with van der Waals surface area (Å²) >= 11 is 6.11. The van der Waals surface area contributed by atoms with Gasteiger partial charge in [0.1, 0.15) is 0 Å². The largest absolute Gasteiger partial charge is 0.342 e. The number of alkyl halides is 1. The van der Waals surface area contributed by atoms with Crippen molar-refractivity contribution >= 4 is 17.5 Å². The lowest BCUT2D eigenvalue weighted by molar-refractivity contribution is 0.0912. The van der Waals surface area contributed by atoms with Crippen molar-refractivity contribution in [2.75, 3.05) is 5.88 Å². The minimum atomic E-state index is -0.614. The number of carbonyl (C=O) groups excluding carboxylic acids is 1. The Labute approximate surface area is 130 Å². The number of halogens is 1. The minimum absolute atomic E-state index is 0.160. The van der Waals surface area contributed by atoms with Crippen molar-refractivity contribution in [3.8, 4) is 0 Å². The molecule has 1 aromatic heterocycles. The molecule has 0 spiro atoms. The minimum Gasteiger partial charge on any atom is -0.342 e. The van der Waals surface area contributed by atoms with E-state index in [0.29, 0.717) is 11.4 Å². The first-order valence-electron chi connectivity index (χ1n) is 6.84. The predicted octanol–water partition coefficient (Wildman–Crippen LogP) is 3.58. The molecule has 0 aliphatic carbocycles. The van der Waals surface area contributed by atoms with Gasteiger partial charge in [0, 0.05) is 11.6 Å². The molecule has 110 valence electrons. The third-order valence-corrected chi connectivity index (χ3v) is 4.07. The summed E-state index contributed by atoms with van der Waals surface area (Å²) in [7, 11) is 0. The summed E-state index contributed by atoms with van der Waals surface area (Å²) in [5, 5.41) is 3.03. The molecule has 0 radical (unpaired) electrons. The lowest BCUT2D eigenvalue weighted by Gasteiger charge is -2.29. The van der Waals surface area contributed by atoms with E-state index < -0.39 is 5.54 Å². The van der Waals surface area contributed by atoms with Crippen molar-refractivity contribution in [3.05, 3.63) is 65.0 Å². The number of nitrogens with zero attached hydrogens (tertiary/aromatic N) is 1. The molecule has 2 rings (SSSR count). The van der Waals surface area contributed by atoms with E-state index >= 15 is 0 Å². The standard InChI is InChI=1S/C17H19ClN2O/c1-12-9-10-15(13(2)19-12)16(21)20-17(3,11-18)14-7-5-4-6-8-14/h4-10H,11H2,1-3H3,(H,20,21). The molecular formula is C17H19ClN2O. The van der Waals surface area contributed by atoms with E-state index in [1.54, 1.807) is 6.07 Å². The Kier molecular flexibility index (Phi) is 4.63. The zero-order valence-electron chi connectivity index (χ0n) is 12.5. The summed E-state index contributed by atoms with van der Waals surface area (Å²) in [6.07, 6.45) is 0. The smallest absolute Gasteiger partial charge is 0.253 e. The Morgan fingerprint density at radius 2 is 1.86 bits per heavy atom. The van der Waals surface area contributed by atoms with Crippen LogP contribution in [0.1, 0.15) is 34.2 Å². The van der Waals surface area contributed by atoms with E-state index in [-0.39, 0.29) is 5.91 Å². The Bertz CT molecular complexity index is 642. The maximum Gasteiger partial charge on any atom is 0.253 e. The van der Waals surface area contributed by atoms with E-state index in [1.165, 1.54) is 0 Å². The van der Waals surface area contributed by atoms with Crippen LogP contribution < -0.4 is 5.32 Å². The average Bonchev–Trinajstić information content (AvgIpc) is 2.47. The van der Waals surface area contributed by atoms with Gasteiger partial charge in [0.05, 0.1) is 16.8 Å². The van der Waals surface area contributed by atoms with Gasteiger partial charge < -0.3 is 5.32 Å². The van der Waals surface area contributed by atoms with Gasteiger partial charge in [-0.2, -0.15) is 0 Å². The number of rotatable bonds is 4. The van der Waals surface area contributed by atoms with Crippen LogP contribution in [0.15, 0.2) is 42.5 Å². The fourth-order valence-corrected chi connectivity index (χ4v) is 2.45. The first-order valence-corrected chi connectivity index (χ1v) is 7.38. The normalized spacial score (nSPS) is 13.5. The van der Waals surface area contributed by atoms with Gasteiger partial charge in [-0.1, -0.05) is 30.3 Å². The molecule has 0 aliphatic rings. The number of hydrogen-bond donors (Lipinski definition) is 1. The Hall–Kier alpha value is -1.87. The number of carbonyl (C=O) groups is 1. The lowest BCUT2D eigenvalue weighted by Crippen LogP contribution is -2.45. The van der Waals surface area contributed by atoms with Crippen molar-refractivity contribution in [1.29, 1.82) is 0 Å². The zero-order chi connectivity index (χ0) is 15.5. The fraction of sp³-hybridized carbons (Fsp3) is 0.294. The predicted molar refractivity (Wildman–Crippen MR) is 85.7 cm³/mol. The second kappa shape index (κ2) is 6.27. The topological polar surface area (TPSA) is 42.0 Å². The quantitative estimate of drug-likeness (QED) is 0.877. The first kappa shape index (κ1) is 15.5. The number of amides is 1. The number of benzene rings is 1. The molecule has 0 bridgehead atoms. The van der Waals surface area contributed by atoms with Crippen molar-refractivity contribution in [3.63, 3.8) is 0 Å². The zero-order valence-corrected chi connectivity index (χ0v) is 13.2. The van der Waals surface area contributed by atoms with Crippen LogP contribution in [0.2, 0.25) is 0 Å². The van der Waals surface area contributed by atoms with E-state index in [9.17, 15) is 4.79 Å². The maximum absolute atomic E-state index is 12.5. The van der Waals surface area contributed by atoms with Gasteiger partial charge in [-0.25, -0.2) is 0 Å². The lowest BCUT2D eigenvalue weighted by atomic mass is 9.93. The fourth-order valence-electron chi connectivity index (χ4n) is 2.23. The van der Waals surface area contributed by atoms with Crippen molar-refractivity contribution in [2.45, 2.75) is 26.3 Å². The monoisotopic (exact) mass is 302 g/mol. The maximum atomic E-state index is 12.5. The van der Waals surface area contributed by atoms with Crippen LogP contribution >= 0.6 is 11.6 Å². The Morgan fingerprint density at radius 3 is 2.43 bits per heavy atom. The molecule has 0 fully saturated rings. The third kappa shape index (κ3) is 3.42. The van der Waals surface area contributed by atoms with Crippen LogP contribution in [0.3, 0.4) is 0 Å². The van der Waals surface area contributed by atoms with Crippen LogP contribution in [0.25, 0.3) is 0 Å². The first-order chi connectivity index (χ1) is 9.96. The highest BCUT2D eigenvalue weighted by molar-refractivity contribution is 6.19. The summed E-state index contributed by atoms with van der Waals surface area (Å²) in [5.74, 6) is 0.133. The number of nitrogens with one attached hydrogen (secondary N) is 1. The molecule has 0 aliphatic heterocycles. The number of aryl methyl sites for hydroxylation is 2. The molecule has 1 unspecified atom stereocenters. The van der Waals surface area contributed by atoms with Crippen LogP contribution in [0.4, 0.5) is 0 Å². The Morgan fingerprint density at radius 1 is 1.19 bits per heavy atom. The van der Waals surface area contributed by atoms with Gasteiger partial charge in [0.15, 0.2) is 0 Å². The van der Waals surface area contributed by atoms with Crippen molar-refractivity contribution < 1.29 is 4.79 Å². The van der Waals surface area contributed by atoms with Crippen LogP contribution in [0.5, 0.6) is 0 Å². The highest BCUT2D eigenvalue weighted by Crippen LogP contribution is 2.23. The molecule has 3 nitrogen and oxygen atoms in total. The number of aromatic nitrogens is 1. The molecule has 0 saturated heterocycles. The molecule has 4 heteroatoms. The van der Waals surface area contributed by atoms with Gasteiger partial charge in [-0.15, -0.1) is 11.6 Å². The van der Waals surface area contributed by atoms with Crippen LogP contribution in [-0.2, 0) is 5.54 Å². The molecule has 1 amide bonds. The van der Waals surface area contributed by atoms with Gasteiger partial charge in [-0.3, -0.25) is 9.78 Å². The number of pyridine rings is 1. The summed E-state index contributed by atoms with van der Waals surface area (Å²) in [4.78, 5) is 16.8. The second-order valence-electron chi connectivity index (χ2n) is 5.37. The summed E-state index contributed by atoms with van der Waals surface area (Å²) in [6.45, 7) is 5.66. The molecule has 1 aromatic carbocycles. The highest BCUT2D eigenvalue weighted by atomic mass is 35.5. The second-order valence-corrected chi connectivity index (χ2v) is 5.64. The highest BCUT2D eigenvalue weighted by Gasteiger charge is 2.28. The van der Waals surface area contributed by atoms with Crippen LogP contribution in [0, 0.1) is 13.8 Å². The summed E-state index contributed by atoms with van der Waals surface area (Å²) in [5.41, 5.74) is 2.56. The number of hydrogen-bond acceptors (Lipinski definition) is 2. The van der Waals surface area contributed by atoms with E-state index in [4.69, 9.17) is 11.6 Å². The molecule has 1 atom stereocenters. The SMILES string of the molecule is Cc1ccc(C(=O)NC(C)(CCl)c2ccccc2)c(C)n1. The molecular weight excluding hydrogens is 284 g/mol. The third-order valence-electron chi connectivity index (χ3n) is 3.54. The van der Waals surface area contributed by atoms with E-state index in [1.807, 2.05) is 57.2 Å². The average molecular weight is 303 g/mol. The molecule has 2 aromatic rings.